The summed E-state index contributed by atoms with van der Waals surface area (Å²) in [5.74, 6) is -0.286. The fourth-order valence-corrected chi connectivity index (χ4v) is 2.26. The molecule has 5 nitrogen and oxygen atoms in total. The number of hydrogen-bond acceptors (Lipinski definition) is 4. The summed E-state index contributed by atoms with van der Waals surface area (Å²) in [6.45, 7) is 2.84. The first kappa shape index (κ1) is 14.4. The predicted octanol–water partition coefficient (Wildman–Crippen LogP) is 2.00. The molecule has 1 fully saturated rings. The van der Waals surface area contributed by atoms with Gasteiger partial charge in [0.25, 0.3) is 0 Å². The van der Waals surface area contributed by atoms with Gasteiger partial charge in [-0.05, 0) is 18.9 Å². The van der Waals surface area contributed by atoms with Crippen molar-refractivity contribution in [3.8, 4) is 0 Å². The second-order valence-corrected chi connectivity index (χ2v) is 4.67. The Labute approximate surface area is 118 Å². The Hall–Kier alpha value is -2.04. The molecule has 0 aliphatic carbocycles. The second-order valence-electron chi connectivity index (χ2n) is 4.67. The van der Waals surface area contributed by atoms with Gasteiger partial charge in [0.05, 0.1) is 19.1 Å². The minimum atomic E-state index is -0.352. The first-order valence-electron chi connectivity index (χ1n) is 6.83. The lowest BCUT2D eigenvalue weighted by Gasteiger charge is -2.20. The zero-order chi connectivity index (χ0) is 14.4. The standard InChI is InChI=1S/C15H19NO4/c1-2-19-14(17)8-9-16-13(11-20-15(16)18)10-12-6-4-3-5-7-12/h3-7,13H,2,8-11H2,1H3/t13-/m0/s1. The number of cyclic esters (lactones) is 1. The third kappa shape index (κ3) is 3.73. The van der Waals surface area contributed by atoms with E-state index in [9.17, 15) is 9.59 Å². The van der Waals surface area contributed by atoms with Crippen molar-refractivity contribution < 1.29 is 19.1 Å². The molecule has 0 unspecified atom stereocenters. The van der Waals surface area contributed by atoms with E-state index in [1.165, 1.54) is 0 Å². The number of hydrogen-bond donors (Lipinski definition) is 0. The summed E-state index contributed by atoms with van der Waals surface area (Å²) < 4.78 is 9.95. The van der Waals surface area contributed by atoms with Gasteiger partial charge < -0.3 is 14.4 Å². The number of benzene rings is 1. The molecule has 0 N–H and O–H groups in total. The molecule has 5 heteroatoms. The van der Waals surface area contributed by atoms with Crippen LogP contribution in [-0.2, 0) is 20.7 Å². The Kier molecular flexibility index (Phi) is 4.98. The minimum Gasteiger partial charge on any atom is -0.466 e. The van der Waals surface area contributed by atoms with E-state index in [2.05, 4.69) is 0 Å². The number of ether oxygens (including phenoxy) is 2. The second kappa shape index (κ2) is 6.93. The number of nitrogens with zero attached hydrogens (tertiary/aromatic N) is 1. The van der Waals surface area contributed by atoms with E-state index in [0.717, 1.165) is 12.0 Å². The molecule has 108 valence electrons. The maximum Gasteiger partial charge on any atom is 0.410 e. The highest BCUT2D eigenvalue weighted by molar-refractivity contribution is 5.73. The molecule has 0 bridgehead atoms. The maximum absolute atomic E-state index is 11.7. The highest BCUT2D eigenvalue weighted by Gasteiger charge is 2.32. The minimum absolute atomic E-state index is 0.0145. The van der Waals surface area contributed by atoms with Crippen molar-refractivity contribution in [1.82, 2.24) is 4.90 Å². The van der Waals surface area contributed by atoms with Crippen molar-refractivity contribution in [2.75, 3.05) is 19.8 Å². The molecule has 1 atom stereocenters. The van der Waals surface area contributed by atoms with Crippen LogP contribution in [0.2, 0.25) is 0 Å². The molecular weight excluding hydrogens is 258 g/mol. The van der Waals surface area contributed by atoms with E-state index in [1.807, 2.05) is 30.3 Å². The molecular formula is C15H19NO4. The molecule has 20 heavy (non-hydrogen) atoms. The first-order valence-corrected chi connectivity index (χ1v) is 6.83. The smallest absolute Gasteiger partial charge is 0.410 e. The van der Waals surface area contributed by atoms with Crippen LogP contribution >= 0.6 is 0 Å². The van der Waals surface area contributed by atoms with E-state index >= 15 is 0 Å². The predicted molar refractivity (Wildman–Crippen MR) is 73.2 cm³/mol. The Morgan fingerprint density at radius 1 is 1.40 bits per heavy atom. The van der Waals surface area contributed by atoms with Crippen LogP contribution in [-0.4, -0.2) is 42.8 Å². The Bertz CT molecular complexity index is 460. The van der Waals surface area contributed by atoms with Gasteiger partial charge in [-0.2, -0.15) is 0 Å². The average Bonchev–Trinajstić information content (AvgIpc) is 2.79. The Balaban J connectivity index is 1.91. The summed E-state index contributed by atoms with van der Waals surface area (Å²) in [6.07, 6.45) is 0.583. The number of esters is 1. The molecule has 1 amide bonds. The largest absolute Gasteiger partial charge is 0.466 e. The van der Waals surface area contributed by atoms with Crippen molar-refractivity contribution in [1.29, 1.82) is 0 Å². The normalized spacial score (nSPS) is 17.9. The average molecular weight is 277 g/mol. The highest BCUT2D eigenvalue weighted by Crippen LogP contribution is 2.17. The van der Waals surface area contributed by atoms with E-state index in [-0.39, 0.29) is 24.5 Å². The van der Waals surface area contributed by atoms with E-state index < -0.39 is 0 Å². The number of rotatable bonds is 6. The van der Waals surface area contributed by atoms with Gasteiger partial charge in [-0.25, -0.2) is 4.79 Å². The van der Waals surface area contributed by atoms with Crippen LogP contribution in [0.25, 0.3) is 0 Å². The van der Waals surface area contributed by atoms with Crippen molar-refractivity contribution in [3.05, 3.63) is 35.9 Å². The summed E-state index contributed by atoms with van der Waals surface area (Å²) >= 11 is 0. The Morgan fingerprint density at radius 2 is 2.15 bits per heavy atom. The van der Waals surface area contributed by atoms with Crippen LogP contribution in [0.4, 0.5) is 4.79 Å². The molecule has 1 aromatic rings. The summed E-state index contributed by atoms with van der Waals surface area (Å²) in [6, 6.07) is 9.92. The lowest BCUT2D eigenvalue weighted by atomic mass is 10.1. The van der Waals surface area contributed by atoms with Gasteiger partial charge in [-0.15, -0.1) is 0 Å². The van der Waals surface area contributed by atoms with E-state index in [4.69, 9.17) is 9.47 Å². The Morgan fingerprint density at radius 3 is 2.85 bits per heavy atom. The van der Waals surface area contributed by atoms with Crippen LogP contribution < -0.4 is 0 Å². The maximum atomic E-state index is 11.7. The van der Waals surface area contributed by atoms with Crippen molar-refractivity contribution >= 4 is 12.1 Å². The molecule has 1 aliphatic heterocycles. The van der Waals surface area contributed by atoms with Gasteiger partial charge in [0.1, 0.15) is 6.61 Å². The topological polar surface area (TPSA) is 55.8 Å². The molecule has 1 aliphatic rings. The summed E-state index contributed by atoms with van der Waals surface area (Å²) in [4.78, 5) is 24.7. The summed E-state index contributed by atoms with van der Waals surface area (Å²) in [5.41, 5.74) is 1.15. The molecule has 1 aromatic carbocycles. The third-order valence-electron chi connectivity index (χ3n) is 3.25. The van der Waals surface area contributed by atoms with Gasteiger partial charge in [0.15, 0.2) is 0 Å². The van der Waals surface area contributed by atoms with Crippen molar-refractivity contribution in [2.45, 2.75) is 25.8 Å². The zero-order valence-electron chi connectivity index (χ0n) is 11.6. The SMILES string of the molecule is CCOC(=O)CCN1C(=O)OC[C@@H]1Cc1ccccc1. The quantitative estimate of drug-likeness (QED) is 0.746. The number of carbonyl (C=O) groups is 2. The van der Waals surface area contributed by atoms with Crippen molar-refractivity contribution in [3.63, 3.8) is 0 Å². The van der Waals surface area contributed by atoms with Crippen molar-refractivity contribution in [2.24, 2.45) is 0 Å². The van der Waals surface area contributed by atoms with Crippen LogP contribution in [0.5, 0.6) is 0 Å². The zero-order valence-corrected chi connectivity index (χ0v) is 11.6. The van der Waals surface area contributed by atoms with Gasteiger partial charge in [-0.3, -0.25) is 4.79 Å². The molecule has 2 rings (SSSR count). The first-order chi connectivity index (χ1) is 9.70. The fraction of sp³-hybridized carbons (Fsp3) is 0.467. The van der Waals surface area contributed by atoms with Crippen LogP contribution in [0.3, 0.4) is 0 Å². The van der Waals surface area contributed by atoms with E-state index in [0.29, 0.717) is 19.8 Å². The van der Waals surface area contributed by atoms with Gasteiger partial charge >= 0.3 is 12.1 Å². The highest BCUT2D eigenvalue weighted by atomic mass is 16.6. The third-order valence-corrected chi connectivity index (χ3v) is 3.25. The molecule has 1 saturated heterocycles. The number of amides is 1. The van der Waals surface area contributed by atoms with Crippen LogP contribution in [0.15, 0.2) is 30.3 Å². The van der Waals surface area contributed by atoms with Gasteiger partial charge in [0, 0.05) is 6.54 Å². The van der Waals surface area contributed by atoms with Crippen LogP contribution in [0, 0.1) is 0 Å². The lowest BCUT2D eigenvalue weighted by molar-refractivity contribution is -0.143. The fourth-order valence-electron chi connectivity index (χ4n) is 2.26. The summed E-state index contributed by atoms with van der Waals surface area (Å²) in [5, 5.41) is 0. The molecule has 0 radical (unpaired) electrons. The van der Waals surface area contributed by atoms with Crippen LogP contribution in [0.1, 0.15) is 18.9 Å². The van der Waals surface area contributed by atoms with E-state index in [1.54, 1.807) is 11.8 Å². The molecule has 1 heterocycles. The number of carbonyl (C=O) groups excluding carboxylic acids is 2. The summed E-state index contributed by atoms with van der Waals surface area (Å²) in [7, 11) is 0. The van der Waals surface area contributed by atoms with Gasteiger partial charge in [-0.1, -0.05) is 30.3 Å². The molecule has 0 saturated carbocycles. The monoisotopic (exact) mass is 277 g/mol. The molecule has 0 aromatic heterocycles. The van der Waals surface area contributed by atoms with Gasteiger partial charge in [0.2, 0.25) is 0 Å². The lowest BCUT2D eigenvalue weighted by Crippen LogP contribution is -2.36. The molecule has 0 spiro atoms.